The Hall–Kier alpha value is -1.69. The summed E-state index contributed by atoms with van der Waals surface area (Å²) in [4.78, 5) is 13.9. The van der Waals surface area contributed by atoms with E-state index in [1.165, 1.54) is 25.3 Å². The molecule has 0 aromatic heterocycles. The number of primary amides is 1. The largest absolute Gasteiger partial charge is 0.416 e. The molecule has 1 amide bonds. The van der Waals surface area contributed by atoms with Crippen LogP contribution < -0.4 is 5.73 Å². The lowest BCUT2D eigenvalue weighted by Gasteiger charge is -2.34. The third-order valence-corrected chi connectivity index (χ3v) is 6.14. The molecule has 1 atom stereocenters. The Morgan fingerprint density at radius 2 is 1.93 bits per heavy atom. The second kappa shape index (κ2) is 7.74. The summed E-state index contributed by atoms with van der Waals surface area (Å²) in [6, 6.07) is 2.99. The predicted molar refractivity (Wildman–Crippen MR) is 99.0 cm³/mol. The zero-order valence-corrected chi connectivity index (χ0v) is 16.0. The Morgan fingerprint density at radius 1 is 1.26 bits per heavy atom. The van der Waals surface area contributed by atoms with Crippen molar-refractivity contribution in [3.05, 3.63) is 45.6 Å². The van der Waals surface area contributed by atoms with Crippen LogP contribution in [0, 0.1) is 5.92 Å². The SMILES string of the molecule is CC1=C(C(N)=O)CC(c2cc(C(F)(F)F)ccc2Cl)N1CC1CCCCC1. The van der Waals surface area contributed by atoms with Crippen LogP contribution in [0.5, 0.6) is 0 Å². The molecule has 1 aromatic carbocycles. The number of hydrogen-bond donors (Lipinski definition) is 1. The number of hydrogen-bond acceptors (Lipinski definition) is 2. The van der Waals surface area contributed by atoms with Crippen LogP contribution in [-0.4, -0.2) is 17.4 Å². The van der Waals surface area contributed by atoms with Gasteiger partial charge in [0.05, 0.1) is 11.6 Å². The van der Waals surface area contributed by atoms with E-state index in [2.05, 4.69) is 0 Å². The first-order valence-electron chi connectivity index (χ1n) is 9.31. The summed E-state index contributed by atoms with van der Waals surface area (Å²) in [5, 5.41) is 0.278. The number of halogens is 4. The molecular weight excluding hydrogens is 377 g/mol. The highest BCUT2D eigenvalue weighted by Gasteiger charge is 2.37. The van der Waals surface area contributed by atoms with Crippen LogP contribution in [0.4, 0.5) is 13.2 Å². The van der Waals surface area contributed by atoms with E-state index in [9.17, 15) is 18.0 Å². The Balaban J connectivity index is 1.96. The Bertz CT molecular complexity index is 754. The van der Waals surface area contributed by atoms with Gasteiger partial charge in [-0.1, -0.05) is 30.9 Å². The van der Waals surface area contributed by atoms with Crippen molar-refractivity contribution >= 4 is 17.5 Å². The maximum absolute atomic E-state index is 13.2. The van der Waals surface area contributed by atoms with Crippen molar-refractivity contribution in [3.63, 3.8) is 0 Å². The molecule has 1 aliphatic heterocycles. The molecule has 1 fully saturated rings. The second-order valence-corrected chi connectivity index (χ2v) is 7.95. The third-order valence-electron chi connectivity index (χ3n) is 5.80. The van der Waals surface area contributed by atoms with E-state index in [-0.39, 0.29) is 11.4 Å². The van der Waals surface area contributed by atoms with Crippen LogP contribution >= 0.6 is 11.6 Å². The number of amides is 1. The maximum Gasteiger partial charge on any atom is 0.416 e. The number of alkyl halides is 3. The van der Waals surface area contributed by atoms with Crippen molar-refractivity contribution in [2.45, 2.75) is 57.7 Å². The molecule has 0 saturated heterocycles. The van der Waals surface area contributed by atoms with E-state index in [0.29, 0.717) is 23.6 Å². The van der Waals surface area contributed by atoms with Crippen molar-refractivity contribution in [2.75, 3.05) is 6.54 Å². The Morgan fingerprint density at radius 3 is 2.52 bits per heavy atom. The van der Waals surface area contributed by atoms with Gasteiger partial charge in [0.2, 0.25) is 5.91 Å². The van der Waals surface area contributed by atoms with E-state index >= 15 is 0 Å². The number of allylic oxidation sites excluding steroid dienone is 1. The maximum atomic E-state index is 13.2. The highest BCUT2D eigenvalue weighted by atomic mass is 35.5. The van der Waals surface area contributed by atoms with Crippen molar-refractivity contribution in [1.29, 1.82) is 0 Å². The zero-order chi connectivity index (χ0) is 19.8. The number of carbonyl (C=O) groups excluding carboxylic acids is 1. The number of rotatable bonds is 4. The fraction of sp³-hybridized carbons (Fsp3) is 0.550. The fourth-order valence-corrected chi connectivity index (χ4v) is 4.55. The van der Waals surface area contributed by atoms with Crippen LogP contribution in [0.15, 0.2) is 29.5 Å². The molecule has 0 bridgehead atoms. The van der Waals surface area contributed by atoms with Crippen molar-refractivity contribution < 1.29 is 18.0 Å². The summed E-state index contributed by atoms with van der Waals surface area (Å²) in [6.07, 6.45) is 1.59. The standard InChI is InChI=1S/C20H24ClF3N2O/c1-12-15(19(25)27)10-18(26(12)11-13-5-3-2-4-6-13)16-9-14(20(22,23)24)7-8-17(16)21/h7-9,13,18H,2-6,10-11H2,1H3,(H2,25,27). The van der Waals surface area contributed by atoms with Gasteiger partial charge in [0.15, 0.2) is 0 Å². The molecule has 148 valence electrons. The van der Waals surface area contributed by atoms with Gasteiger partial charge in [-0.3, -0.25) is 4.79 Å². The molecule has 0 radical (unpaired) electrons. The molecule has 1 heterocycles. The molecule has 0 spiro atoms. The minimum Gasteiger partial charge on any atom is -0.367 e. The van der Waals surface area contributed by atoms with Gasteiger partial charge in [-0.15, -0.1) is 0 Å². The van der Waals surface area contributed by atoms with Gasteiger partial charge in [-0.2, -0.15) is 13.2 Å². The van der Waals surface area contributed by atoms with Gasteiger partial charge < -0.3 is 10.6 Å². The van der Waals surface area contributed by atoms with E-state index in [0.717, 1.165) is 30.7 Å². The Labute approximate surface area is 162 Å². The van der Waals surface area contributed by atoms with E-state index in [1.54, 1.807) is 0 Å². The summed E-state index contributed by atoms with van der Waals surface area (Å²) in [5.74, 6) is -0.0558. The van der Waals surface area contributed by atoms with Crippen LogP contribution in [0.3, 0.4) is 0 Å². The Kier molecular flexibility index (Phi) is 5.75. The summed E-state index contributed by atoms with van der Waals surface area (Å²) in [7, 11) is 0. The normalized spacial score (nSPS) is 21.8. The molecule has 1 saturated carbocycles. The van der Waals surface area contributed by atoms with Gasteiger partial charge in [0.1, 0.15) is 0 Å². The topological polar surface area (TPSA) is 46.3 Å². The lowest BCUT2D eigenvalue weighted by molar-refractivity contribution is -0.137. The zero-order valence-electron chi connectivity index (χ0n) is 15.3. The molecule has 1 unspecified atom stereocenters. The monoisotopic (exact) mass is 400 g/mol. The average molecular weight is 401 g/mol. The van der Waals surface area contributed by atoms with Gasteiger partial charge in [-0.05, 0) is 49.4 Å². The van der Waals surface area contributed by atoms with Gasteiger partial charge >= 0.3 is 6.18 Å². The predicted octanol–water partition coefficient (Wildman–Crippen LogP) is 5.45. The molecule has 2 aliphatic rings. The average Bonchev–Trinajstić information content (AvgIpc) is 2.92. The van der Waals surface area contributed by atoms with Gasteiger partial charge in [-0.25, -0.2) is 0 Å². The van der Waals surface area contributed by atoms with Crippen LogP contribution in [0.25, 0.3) is 0 Å². The fourth-order valence-electron chi connectivity index (χ4n) is 4.30. The van der Waals surface area contributed by atoms with E-state index < -0.39 is 23.7 Å². The van der Waals surface area contributed by atoms with Crippen LogP contribution in [0.2, 0.25) is 5.02 Å². The molecule has 7 heteroatoms. The highest BCUT2D eigenvalue weighted by Crippen LogP contribution is 2.44. The lowest BCUT2D eigenvalue weighted by Crippen LogP contribution is -2.30. The summed E-state index contributed by atoms with van der Waals surface area (Å²) >= 11 is 6.28. The van der Waals surface area contributed by atoms with Crippen LogP contribution in [0.1, 0.15) is 62.6 Å². The van der Waals surface area contributed by atoms with Crippen molar-refractivity contribution in [2.24, 2.45) is 11.7 Å². The first-order valence-corrected chi connectivity index (χ1v) is 9.69. The molecule has 1 aliphatic carbocycles. The molecule has 2 N–H and O–H groups in total. The number of benzene rings is 1. The van der Waals surface area contributed by atoms with Crippen molar-refractivity contribution in [3.8, 4) is 0 Å². The second-order valence-electron chi connectivity index (χ2n) is 7.54. The first-order chi connectivity index (χ1) is 12.7. The minimum absolute atomic E-state index is 0.278. The lowest BCUT2D eigenvalue weighted by atomic mass is 9.88. The minimum atomic E-state index is -4.44. The number of carbonyl (C=O) groups is 1. The quantitative estimate of drug-likeness (QED) is 0.730. The van der Waals surface area contributed by atoms with Crippen LogP contribution in [-0.2, 0) is 11.0 Å². The summed E-state index contributed by atoms with van der Waals surface area (Å²) < 4.78 is 39.6. The first kappa shape index (κ1) is 20.1. The number of nitrogens with two attached hydrogens (primary N) is 1. The van der Waals surface area contributed by atoms with E-state index in [4.69, 9.17) is 17.3 Å². The number of nitrogens with zero attached hydrogens (tertiary/aromatic N) is 1. The summed E-state index contributed by atoms with van der Waals surface area (Å²) in [5.41, 5.74) is 6.43. The molecular formula is C20H24ClF3N2O. The molecule has 27 heavy (non-hydrogen) atoms. The van der Waals surface area contributed by atoms with Gasteiger partial charge in [0.25, 0.3) is 0 Å². The molecule has 3 rings (SSSR count). The van der Waals surface area contributed by atoms with E-state index in [1.807, 2.05) is 11.8 Å². The van der Waals surface area contributed by atoms with Gasteiger partial charge in [0, 0.05) is 29.3 Å². The summed E-state index contributed by atoms with van der Waals surface area (Å²) in [6.45, 7) is 2.53. The highest BCUT2D eigenvalue weighted by molar-refractivity contribution is 6.31. The molecule has 1 aromatic rings. The smallest absolute Gasteiger partial charge is 0.367 e. The third kappa shape index (κ3) is 4.26. The van der Waals surface area contributed by atoms with Crippen molar-refractivity contribution in [1.82, 2.24) is 4.90 Å². The molecule has 3 nitrogen and oxygen atoms in total.